The van der Waals surface area contributed by atoms with Gasteiger partial charge in [0, 0.05) is 0 Å². The van der Waals surface area contributed by atoms with Gasteiger partial charge in [0.2, 0.25) is 0 Å². The first-order chi connectivity index (χ1) is 14.1. The summed E-state index contributed by atoms with van der Waals surface area (Å²) in [6.07, 6.45) is 12.0. The molecule has 9 atom stereocenters. The number of hydrogen-bond acceptors (Lipinski definition) is 2. The summed E-state index contributed by atoms with van der Waals surface area (Å²) in [5.74, 6) is 4.28. The number of fused-ring (bicyclic) bond motifs is 5. The Morgan fingerprint density at radius 2 is 1.80 bits per heavy atom. The molecule has 0 aromatic heterocycles. The normalized spacial score (nSPS) is 46.6. The summed E-state index contributed by atoms with van der Waals surface area (Å²) in [7, 11) is 0. The summed E-state index contributed by atoms with van der Waals surface area (Å²) < 4.78 is 0. The molecular weight excluding hydrogens is 368 g/mol. The zero-order chi connectivity index (χ0) is 21.8. The number of allylic oxidation sites excluding steroid dienone is 1. The van der Waals surface area contributed by atoms with Crippen molar-refractivity contribution in [1.82, 2.24) is 0 Å². The van der Waals surface area contributed by atoms with Gasteiger partial charge in [0.25, 0.3) is 0 Å². The van der Waals surface area contributed by atoms with Gasteiger partial charge in [-0.3, -0.25) is 0 Å². The van der Waals surface area contributed by atoms with Crippen LogP contribution in [0.3, 0.4) is 0 Å². The number of hydrogen-bond donors (Lipinski definition) is 2. The minimum atomic E-state index is -0.356. The van der Waals surface area contributed by atoms with E-state index in [0.717, 1.165) is 37.0 Å². The highest BCUT2D eigenvalue weighted by molar-refractivity contribution is 5.29. The lowest BCUT2D eigenvalue weighted by Crippen LogP contribution is -2.54. The molecule has 0 spiro atoms. The lowest BCUT2D eigenvalue weighted by molar-refractivity contribution is -0.0873. The van der Waals surface area contributed by atoms with Gasteiger partial charge in [-0.1, -0.05) is 52.8 Å². The van der Waals surface area contributed by atoms with Crippen LogP contribution in [0.1, 0.15) is 92.4 Å². The predicted molar refractivity (Wildman–Crippen MR) is 125 cm³/mol. The van der Waals surface area contributed by atoms with E-state index in [0.29, 0.717) is 23.2 Å². The average molecular weight is 415 g/mol. The minimum absolute atomic E-state index is 0.0988. The molecule has 2 N–H and O–H groups in total. The minimum Gasteiger partial charge on any atom is -0.389 e. The van der Waals surface area contributed by atoms with E-state index in [1.54, 1.807) is 0 Å². The fourth-order valence-corrected chi connectivity index (χ4v) is 8.63. The molecule has 3 fully saturated rings. The molecule has 30 heavy (non-hydrogen) atoms. The third-order valence-electron chi connectivity index (χ3n) is 10.6. The van der Waals surface area contributed by atoms with E-state index in [9.17, 15) is 10.2 Å². The Kier molecular flexibility index (Phi) is 6.08. The summed E-state index contributed by atoms with van der Waals surface area (Å²) in [6.45, 7) is 16.4. The summed E-state index contributed by atoms with van der Waals surface area (Å²) >= 11 is 0. The molecule has 0 heterocycles. The molecule has 0 aliphatic heterocycles. The van der Waals surface area contributed by atoms with Gasteiger partial charge in [0.1, 0.15) is 0 Å². The molecule has 0 bridgehead atoms. The third-order valence-corrected chi connectivity index (χ3v) is 10.6. The molecule has 4 aliphatic rings. The van der Waals surface area contributed by atoms with Gasteiger partial charge in [0.05, 0.1) is 12.2 Å². The number of aliphatic hydroxyl groups is 2. The second kappa shape index (κ2) is 8.07. The molecular formula is C28H46O2. The topological polar surface area (TPSA) is 40.5 Å². The largest absolute Gasteiger partial charge is 0.389 e. The summed E-state index contributed by atoms with van der Waals surface area (Å²) in [5, 5.41) is 21.3. The van der Waals surface area contributed by atoms with Crippen LogP contribution in [0.4, 0.5) is 0 Å². The van der Waals surface area contributed by atoms with Crippen molar-refractivity contribution >= 4 is 0 Å². The van der Waals surface area contributed by atoms with Crippen LogP contribution in [0.15, 0.2) is 23.8 Å². The van der Waals surface area contributed by atoms with Crippen LogP contribution in [0.25, 0.3) is 0 Å². The molecule has 0 radical (unpaired) electrons. The van der Waals surface area contributed by atoms with Gasteiger partial charge in [-0.05, 0) is 110 Å². The Labute approximate surface area is 185 Å². The fourth-order valence-electron chi connectivity index (χ4n) is 8.63. The maximum absolute atomic E-state index is 11.1. The van der Waals surface area contributed by atoms with Gasteiger partial charge in [-0.15, -0.1) is 0 Å². The van der Waals surface area contributed by atoms with Crippen molar-refractivity contribution in [2.45, 2.75) is 105 Å². The van der Waals surface area contributed by atoms with Crippen LogP contribution in [-0.2, 0) is 0 Å². The summed E-state index contributed by atoms with van der Waals surface area (Å²) in [6, 6.07) is 0. The molecule has 0 aromatic carbocycles. The Morgan fingerprint density at radius 1 is 1.07 bits per heavy atom. The van der Waals surface area contributed by atoms with Gasteiger partial charge < -0.3 is 10.2 Å². The zero-order valence-electron chi connectivity index (χ0n) is 20.2. The van der Waals surface area contributed by atoms with Gasteiger partial charge in [-0.2, -0.15) is 0 Å². The Hall–Kier alpha value is -0.600. The molecule has 0 amide bonds. The monoisotopic (exact) mass is 414 g/mol. The number of aliphatic hydroxyl groups excluding tert-OH is 2. The maximum Gasteiger partial charge on any atom is 0.0759 e. The quantitative estimate of drug-likeness (QED) is 0.502. The van der Waals surface area contributed by atoms with Crippen molar-refractivity contribution in [3.05, 3.63) is 23.8 Å². The summed E-state index contributed by atoms with van der Waals surface area (Å²) in [4.78, 5) is 0. The number of rotatable bonds is 5. The van der Waals surface area contributed by atoms with Crippen molar-refractivity contribution in [3.8, 4) is 0 Å². The molecule has 3 saturated carbocycles. The lowest BCUT2D eigenvalue weighted by Gasteiger charge is -2.60. The standard InChI is InChI=1S/C28H46O2/c1-17(2)18(3)7-8-19(4)22-9-10-23-21-16-26(30)25-15-20(29)11-13-28(25,6)24(21)12-14-27(22,23)5/h15,17,19-24,26,29-30H,3,7-14,16H2,1-2,4-6H3/t19-,20?,21+,22-,23+,24+,26?,27-,28-/m1/s1. The van der Waals surface area contributed by atoms with Crippen LogP contribution in [0, 0.1) is 46.3 Å². The van der Waals surface area contributed by atoms with Crippen LogP contribution >= 0.6 is 0 Å². The fraction of sp³-hybridized carbons (Fsp3) is 0.857. The van der Waals surface area contributed by atoms with Crippen molar-refractivity contribution in [3.63, 3.8) is 0 Å². The van der Waals surface area contributed by atoms with E-state index >= 15 is 0 Å². The first kappa shape index (κ1) is 22.6. The van der Waals surface area contributed by atoms with Crippen LogP contribution in [-0.4, -0.2) is 22.4 Å². The molecule has 0 saturated heterocycles. The van der Waals surface area contributed by atoms with Gasteiger partial charge >= 0.3 is 0 Å². The Morgan fingerprint density at radius 3 is 2.50 bits per heavy atom. The molecule has 4 rings (SSSR count). The Bertz CT molecular complexity index is 693. The van der Waals surface area contributed by atoms with Crippen LogP contribution < -0.4 is 0 Å². The van der Waals surface area contributed by atoms with Gasteiger partial charge in [-0.25, -0.2) is 0 Å². The highest BCUT2D eigenvalue weighted by Gasteiger charge is 2.60. The van der Waals surface area contributed by atoms with Crippen molar-refractivity contribution in [1.29, 1.82) is 0 Å². The van der Waals surface area contributed by atoms with Crippen LogP contribution in [0.2, 0.25) is 0 Å². The Balaban J connectivity index is 1.52. The first-order valence-electron chi connectivity index (χ1n) is 12.8. The van der Waals surface area contributed by atoms with E-state index in [1.807, 2.05) is 6.08 Å². The average Bonchev–Trinajstić information content (AvgIpc) is 3.04. The van der Waals surface area contributed by atoms with E-state index < -0.39 is 0 Å². The van der Waals surface area contributed by atoms with Crippen molar-refractivity contribution < 1.29 is 10.2 Å². The second-order valence-electron chi connectivity index (χ2n) is 12.3. The van der Waals surface area contributed by atoms with E-state index in [4.69, 9.17) is 0 Å². The van der Waals surface area contributed by atoms with Crippen molar-refractivity contribution in [2.24, 2.45) is 46.3 Å². The van der Waals surface area contributed by atoms with Crippen molar-refractivity contribution in [2.75, 3.05) is 0 Å². The third kappa shape index (κ3) is 3.54. The molecule has 2 heteroatoms. The first-order valence-corrected chi connectivity index (χ1v) is 12.8. The van der Waals surface area contributed by atoms with Gasteiger partial charge in [0.15, 0.2) is 0 Å². The SMILES string of the molecule is C=C(CC[C@@H](C)[C@H]1CC[C@H]2[C@@H]3CC(O)C4=CC(O)CC[C@]4(C)[C@H]3CC[C@]12C)C(C)C. The lowest BCUT2D eigenvalue weighted by atomic mass is 9.46. The summed E-state index contributed by atoms with van der Waals surface area (Å²) in [5.41, 5.74) is 3.11. The van der Waals surface area contributed by atoms with Crippen LogP contribution in [0.5, 0.6) is 0 Å². The molecule has 2 unspecified atom stereocenters. The molecule has 2 nitrogen and oxygen atoms in total. The smallest absolute Gasteiger partial charge is 0.0759 e. The van der Waals surface area contributed by atoms with E-state index in [2.05, 4.69) is 41.2 Å². The predicted octanol–water partition coefficient (Wildman–Crippen LogP) is 6.53. The zero-order valence-corrected chi connectivity index (χ0v) is 20.2. The second-order valence-corrected chi connectivity index (χ2v) is 12.3. The molecule has 170 valence electrons. The van der Waals surface area contributed by atoms with E-state index in [1.165, 1.54) is 49.7 Å². The van der Waals surface area contributed by atoms with E-state index in [-0.39, 0.29) is 17.6 Å². The molecule has 4 aliphatic carbocycles. The highest BCUT2D eigenvalue weighted by Crippen LogP contribution is 2.67. The molecule has 0 aromatic rings. The maximum atomic E-state index is 11.1. The highest BCUT2D eigenvalue weighted by atomic mass is 16.3.